The van der Waals surface area contributed by atoms with Gasteiger partial charge in [-0.05, 0) is 49.6 Å². The van der Waals surface area contributed by atoms with Gasteiger partial charge in [0.15, 0.2) is 5.82 Å². The number of hydrogen-bond donors (Lipinski definition) is 1. The van der Waals surface area contributed by atoms with Crippen LogP contribution in [0.25, 0.3) is 21.3 Å². The Morgan fingerprint density at radius 3 is 2.76 bits per heavy atom. The van der Waals surface area contributed by atoms with Crippen molar-refractivity contribution in [3.8, 4) is 11.1 Å². The van der Waals surface area contributed by atoms with Crippen LogP contribution in [0, 0.1) is 5.82 Å². The summed E-state index contributed by atoms with van der Waals surface area (Å²) in [6.07, 6.45) is 5.12. The highest BCUT2D eigenvalue weighted by Gasteiger charge is 2.32. The van der Waals surface area contributed by atoms with Crippen LogP contribution in [-0.4, -0.2) is 47.4 Å². The number of aromatic nitrogens is 1. The van der Waals surface area contributed by atoms with Gasteiger partial charge in [0.05, 0.1) is 16.1 Å². The molecule has 1 aromatic carbocycles. The van der Waals surface area contributed by atoms with E-state index in [-0.39, 0.29) is 36.7 Å². The van der Waals surface area contributed by atoms with Crippen LogP contribution in [0.15, 0.2) is 24.4 Å². The molecule has 5 heterocycles. The van der Waals surface area contributed by atoms with Crippen LogP contribution >= 0.6 is 22.9 Å². The Morgan fingerprint density at radius 1 is 1.18 bits per heavy atom. The second-order valence-electron chi connectivity index (χ2n) is 9.15. The zero-order valence-corrected chi connectivity index (χ0v) is 20.1. The van der Waals surface area contributed by atoms with Gasteiger partial charge < -0.3 is 10.2 Å². The van der Waals surface area contributed by atoms with Crippen LogP contribution in [0.4, 0.5) is 10.1 Å². The van der Waals surface area contributed by atoms with E-state index in [1.54, 1.807) is 6.20 Å². The Kier molecular flexibility index (Phi) is 5.54. The summed E-state index contributed by atoms with van der Waals surface area (Å²) in [4.78, 5) is 32.5. The predicted molar refractivity (Wildman–Crippen MR) is 132 cm³/mol. The van der Waals surface area contributed by atoms with Gasteiger partial charge in [-0.3, -0.25) is 19.5 Å². The Morgan fingerprint density at radius 2 is 2.00 bits per heavy atom. The number of aryl methyl sites for hydroxylation is 1. The topological polar surface area (TPSA) is 65.5 Å². The third-order valence-corrected chi connectivity index (χ3v) is 8.48. The van der Waals surface area contributed by atoms with E-state index in [2.05, 4.69) is 21.3 Å². The summed E-state index contributed by atoms with van der Waals surface area (Å²) in [5.41, 5.74) is 4.54. The molecule has 34 heavy (non-hydrogen) atoms. The molecule has 9 heteroatoms. The summed E-state index contributed by atoms with van der Waals surface area (Å²) < 4.78 is 16.1. The monoisotopic (exact) mass is 498 g/mol. The molecule has 0 unspecified atom stereocenters. The summed E-state index contributed by atoms with van der Waals surface area (Å²) in [6, 6.07) is 6.36. The van der Waals surface area contributed by atoms with Crippen LogP contribution in [0.5, 0.6) is 0 Å². The average molecular weight is 499 g/mol. The number of carbonyl (C=O) groups excluding carboxylic acids is 2. The number of rotatable bonds is 4. The lowest BCUT2D eigenvalue weighted by Gasteiger charge is -2.38. The molecule has 6 nitrogen and oxygen atoms in total. The van der Waals surface area contributed by atoms with Gasteiger partial charge in [0.2, 0.25) is 11.8 Å². The molecule has 2 saturated heterocycles. The number of imide groups is 1. The van der Waals surface area contributed by atoms with Crippen molar-refractivity contribution in [3.05, 3.63) is 45.7 Å². The summed E-state index contributed by atoms with van der Waals surface area (Å²) in [5.74, 6) is -0.957. The van der Waals surface area contributed by atoms with Gasteiger partial charge in [-0.25, -0.2) is 4.39 Å². The third kappa shape index (κ3) is 3.59. The number of amides is 2. The number of hydrogen-bond acceptors (Lipinski definition) is 6. The zero-order chi connectivity index (χ0) is 23.4. The molecule has 0 aliphatic carbocycles. The highest BCUT2D eigenvalue weighted by Crippen LogP contribution is 2.45. The molecule has 0 spiro atoms. The van der Waals surface area contributed by atoms with Crippen LogP contribution in [0.3, 0.4) is 0 Å². The molecule has 176 valence electrons. The number of likely N-dealkylation sites (tertiary alicyclic amines) is 1. The van der Waals surface area contributed by atoms with Gasteiger partial charge in [-0.2, -0.15) is 0 Å². The zero-order valence-electron chi connectivity index (χ0n) is 18.6. The van der Waals surface area contributed by atoms with Crippen LogP contribution in [0.2, 0.25) is 5.02 Å². The van der Waals surface area contributed by atoms with Crippen molar-refractivity contribution in [3.63, 3.8) is 0 Å². The fraction of sp³-hybridized carbons (Fsp3) is 0.400. The van der Waals surface area contributed by atoms with E-state index in [0.29, 0.717) is 20.6 Å². The fourth-order valence-electron chi connectivity index (χ4n) is 5.48. The molecular weight excluding hydrogens is 475 g/mol. The number of pyridine rings is 1. The Labute approximate surface area is 205 Å². The number of benzene rings is 1. The third-order valence-electron chi connectivity index (χ3n) is 7.09. The first-order valence-electron chi connectivity index (χ1n) is 11.7. The van der Waals surface area contributed by atoms with Crippen molar-refractivity contribution in [2.75, 3.05) is 24.5 Å². The van der Waals surface area contributed by atoms with E-state index in [9.17, 15) is 9.59 Å². The number of thiophene rings is 1. The smallest absolute Gasteiger partial charge is 0.230 e. The molecule has 1 atom stereocenters. The summed E-state index contributed by atoms with van der Waals surface area (Å²) >= 11 is 7.84. The first-order valence-corrected chi connectivity index (χ1v) is 12.9. The summed E-state index contributed by atoms with van der Waals surface area (Å²) in [6.45, 7) is 2.89. The average Bonchev–Trinajstić information content (AvgIpc) is 3.55. The minimum absolute atomic E-state index is 0.0442. The van der Waals surface area contributed by atoms with Crippen LogP contribution in [0.1, 0.15) is 36.1 Å². The van der Waals surface area contributed by atoms with Gasteiger partial charge in [-0.1, -0.05) is 11.6 Å². The Hall–Kier alpha value is -2.55. The minimum atomic E-state index is -0.456. The van der Waals surface area contributed by atoms with E-state index in [0.717, 1.165) is 54.9 Å². The van der Waals surface area contributed by atoms with Gasteiger partial charge >= 0.3 is 0 Å². The Bertz CT molecular complexity index is 1300. The quantitative estimate of drug-likeness (QED) is 0.536. The second kappa shape index (κ2) is 8.59. The molecule has 3 aromatic rings. The lowest BCUT2D eigenvalue weighted by molar-refractivity contribution is -0.139. The number of nitrogens with one attached hydrogen (secondary N) is 1. The highest BCUT2D eigenvalue weighted by molar-refractivity contribution is 7.19. The lowest BCUT2D eigenvalue weighted by Crippen LogP contribution is -2.40. The van der Waals surface area contributed by atoms with Crippen molar-refractivity contribution in [1.29, 1.82) is 0 Å². The standard InChI is InChI=1S/C25H24ClFN4O2S/c26-15-10-14-2-1-9-30(16-5-7-28-12-16)24(14)18(11-15)17-6-8-29-23-22(27)19(34-25(17)23)13-31-20(32)3-4-21(31)33/h6,8,10-11,16,28H,1-5,7,9,12-13H2/t16-/m0/s1. The second-order valence-corrected chi connectivity index (χ2v) is 10.7. The molecule has 0 bridgehead atoms. The molecule has 2 fully saturated rings. The molecule has 2 amide bonds. The number of halogens is 2. The van der Waals surface area contributed by atoms with Gasteiger partial charge in [0.25, 0.3) is 0 Å². The first-order chi connectivity index (χ1) is 16.5. The van der Waals surface area contributed by atoms with E-state index in [4.69, 9.17) is 11.6 Å². The molecule has 3 aliphatic rings. The van der Waals surface area contributed by atoms with Crippen molar-refractivity contribution < 1.29 is 14.0 Å². The summed E-state index contributed by atoms with van der Waals surface area (Å²) in [7, 11) is 0. The SMILES string of the molecule is O=C1CCC(=O)N1Cc1sc2c(-c3cc(Cl)cc4c3N([C@H]3CCNC3)CCC4)ccnc2c1F. The normalized spacial score (nSPS) is 20.6. The minimum Gasteiger partial charge on any atom is -0.366 e. The van der Waals surface area contributed by atoms with Crippen molar-refractivity contribution in [1.82, 2.24) is 15.2 Å². The largest absolute Gasteiger partial charge is 0.366 e. The molecule has 0 radical (unpaired) electrons. The molecule has 3 aliphatic heterocycles. The van der Waals surface area contributed by atoms with Gasteiger partial charge in [0.1, 0.15) is 5.52 Å². The van der Waals surface area contributed by atoms with Gasteiger partial charge in [0, 0.05) is 60.0 Å². The van der Waals surface area contributed by atoms with E-state index >= 15 is 4.39 Å². The van der Waals surface area contributed by atoms with Crippen molar-refractivity contribution >= 4 is 50.7 Å². The predicted octanol–water partition coefficient (Wildman–Crippen LogP) is 4.52. The number of fused-ring (bicyclic) bond motifs is 2. The van der Waals surface area contributed by atoms with E-state index < -0.39 is 5.82 Å². The van der Waals surface area contributed by atoms with Gasteiger partial charge in [-0.15, -0.1) is 11.3 Å². The molecule has 6 rings (SSSR count). The maximum absolute atomic E-state index is 15.4. The maximum Gasteiger partial charge on any atom is 0.230 e. The first kappa shape index (κ1) is 21.9. The maximum atomic E-state index is 15.4. The van der Waals surface area contributed by atoms with Crippen LogP contribution in [-0.2, 0) is 22.6 Å². The van der Waals surface area contributed by atoms with E-state index in [1.807, 2.05) is 12.1 Å². The number of carbonyl (C=O) groups is 2. The summed E-state index contributed by atoms with van der Waals surface area (Å²) in [5, 5.41) is 4.13. The van der Waals surface area contributed by atoms with E-state index in [1.165, 1.54) is 22.6 Å². The fourth-order valence-corrected chi connectivity index (χ4v) is 6.87. The molecular formula is C25H24ClFN4O2S. The molecule has 0 saturated carbocycles. The Balaban J connectivity index is 1.49. The van der Waals surface area contributed by atoms with Crippen molar-refractivity contribution in [2.24, 2.45) is 0 Å². The lowest BCUT2D eigenvalue weighted by atomic mass is 9.92. The number of nitrogens with zero attached hydrogens (tertiary/aromatic N) is 3. The molecule has 1 N–H and O–H groups in total. The molecule has 2 aromatic heterocycles. The highest BCUT2D eigenvalue weighted by atomic mass is 35.5. The van der Waals surface area contributed by atoms with Crippen molar-refractivity contribution in [2.45, 2.75) is 44.7 Å². The number of anilines is 1. The van der Waals surface area contributed by atoms with Crippen LogP contribution < -0.4 is 10.2 Å².